The lowest BCUT2D eigenvalue weighted by Gasteiger charge is -2.10. The first kappa shape index (κ1) is 13.8. The van der Waals surface area contributed by atoms with E-state index in [1.54, 1.807) is 18.2 Å². The number of fused-ring (bicyclic) bond motifs is 1. The molecule has 2 N–H and O–H groups in total. The van der Waals surface area contributed by atoms with Crippen molar-refractivity contribution in [2.75, 3.05) is 0 Å². The Hall–Kier alpha value is -2.14. The maximum atomic E-state index is 13.2. The summed E-state index contributed by atoms with van der Waals surface area (Å²) in [5.41, 5.74) is 2.48. The zero-order valence-electron chi connectivity index (χ0n) is 10.8. The number of aromatic nitrogens is 2. The number of halogens is 3. The molecule has 0 aliphatic heterocycles. The summed E-state index contributed by atoms with van der Waals surface area (Å²) in [5, 5.41) is -0.405. The van der Waals surface area contributed by atoms with Crippen molar-refractivity contribution < 1.29 is 8.78 Å². The van der Waals surface area contributed by atoms with Gasteiger partial charge in [-0.1, -0.05) is 12.1 Å². The van der Waals surface area contributed by atoms with Crippen LogP contribution in [0.25, 0.3) is 11.0 Å². The monoisotopic (exact) mass is 308 g/mol. The van der Waals surface area contributed by atoms with E-state index in [9.17, 15) is 13.6 Å². The van der Waals surface area contributed by atoms with Crippen LogP contribution in [0.4, 0.5) is 8.78 Å². The summed E-state index contributed by atoms with van der Waals surface area (Å²) < 4.78 is 26.1. The maximum absolute atomic E-state index is 13.2. The lowest BCUT2D eigenvalue weighted by Crippen LogP contribution is -1.99. The first-order valence-electron chi connectivity index (χ1n) is 6.33. The van der Waals surface area contributed by atoms with Gasteiger partial charge in [0.05, 0.1) is 16.4 Å². The summed E-state index contributed by atoms with van der Waals surface area (Å²) in [7, 11) is 0. The first-order chi connectivity index (χ1) is 10.0. The molecule has 3 aromatic rings. The molecule has 21 heavy (non-hydrogen) atoms. The van der Waals surface area contributed by atoms with Crippen molar-refractivity contribution in [3.05, 3.63) is 69.6 Å². The molecular formula is C15H11ClF2N2O. The first-order valence-corrected chi connectivity index (χ1v) is 6.76. The molecule has 1 heterocycles. The highest BCUT2D eigenvalue weighted by Gasteiger charge is 2.12. The predicted octanol–water partition coefficient (Wildman–Crippen LogP) is 3.66. The van der Waals surface area contributed by atoms with Crippen molar-refractivity contribution in [2.45, 2.75) is 11.8 Å². The molecular weight excluding hydrogens is 298 g/mol. The lowest BCUT2D eigenvalue weighted by molar-refractivity contribution is 0.507. The van der Waals surface area contributed by atoms with Gasteiger partial charge in [0, 0.05) is 0 Å². The number of aromatic amines is 2. The van der Waals surface area contributed by atoms with E-state index in [0.29, 0.717) is 23.0 Å². The SMILES string of the molecule is O=c1[nH]c2ccc(C(Cl)Cc3ccc(F)c(F)c3)cc2[nH]1. The van der Waals surface area contributed by atoms with Gasteiger partial charge in [0.1, 0.15) is 0 Å². The third-order valence-corrected chi connectivity index (χ3v) is 3.71. The summed E-state index contributed by atoms with van der Waals surface area (Å²) in [6, 6.07) is 9.05. The number of hydrogen-bond donors (Lipinski definition) is 2. The van der Waals surface area contributed by atoms with Gasteiger partial charge >= 0.3 is 5.69 Å². The molecule has 0 radical (unpaired) electrons. The van der Waals surface area contributed by atoms with Crippen molar-refractivity contribution in [1.29, 1.82) is 0 Å². The van der Waals surface area contributed by atoms with Crippen LogP contribution in [0.5, 0.6) is 0 Å². The van der Waals surface area contributed by atoms with Crippen molar-refractivity contribution in [1.82, 2.24) is 9.97 Å². The van der Waals surface area contributed by atoms with E-state index in [1.807, 2.05) is 0 Å². The third-order valence-electron chi connectivity index (χ3n) is 3.30. The Labute approximate surface area is 123 Å². The summed E-state index contributed by atoms with van der Waals surface area (Å²) in [6.45, 7) is 0. The molecule has 0 bridgehead atoms. The number of rotatable bonds is 3. The zero-order chi connectivity index (χ0) is 15.0. The molecule has 0 saturated heterocycles. The minimum atomic E-state index is -0.887. The van der Waals surface area contributed by atoms with Gasteiger partial charge in [-0.3, -0.25) is 0 Å². The number of imidazole rings is 1. The lowest BCUT2D eigenvalue weighted by atomic mass is 10.0. The third kappa shape index (κ3) is 2.83. The molecule has 0 amide bonds. The van der Waals surface area contributed by atoms with Crippen LogP contribution in [0.15, 0.2) is 41.2 Å². The van der Waals surface area contributed by atoms with E-state index in [4.69, 9.17) is 11.6 Å². The van der Waals surface area contributed by atoms with Gasteiger partial charge in [0.15, 0.2) is 11.6 Å². The second-order valence-corrected chi connectivity index (χ2v) is 5.33. The Morgan fingerprint density at radius 2 is 1.76 bits per heavy atom. The molecule has 0 aliphatic carbocycles. The van der Waals surface area contributed by atoms with Crippen LogP contribution in [0.2, 0.25) is 0 Å². The summed E-state index contributed by atoms with van der Waals surface area (Å²) in [5.74, 6) is -1.77. The highest BCUT2D eigenvalue weighted by Crippen LogP contribution is 2.27. The number of H-pyrrole nitrogens is 2. The summed E-state index contributed by atoms with van der Waals surface area (Å²) in [6.07, 6.45) is 0.360. The van der Waals surface area contributed by atoms with Gasteiger partial charge in [-0.25, -0.2) is 13.6 Å². The van der Waals surface area contributed by atoms with Gasteiger partial charge in [0.2, 0.25) is 0 Å². The molecule has 0 saturated carbocycles. The van der Waals surface area contributed by atoms with Gasteiger partial charge < -0.3 is 9.97 Å². The largest absolute Gasteiger partial charge is 0.323 e. The van der Waals surface area contributed by atoms with E-state index < -0.39 is 17.0 Å². The van der Waals surface area contributed by atoms with Crippen LogP contribution in [0, 0.1) is 11.6 Å². The molecule has 1 aromatic heterocycles. The quantitative estimate of drug-likeness (QED) is 0.713. The maximum Gasteiger partial charge on any atom is 0.323 e. The van der Waals surface area contributed by atoms with Crippen molar-refractivity contribution >= 4 is 22.6 Å². The fourth-order valence-corrected chi connectivity index (χ4v) is 2.55. The smallest absolute Gasteiger partial charge is 0.306 e. The second-order valence-electron chi connectivity index (χ2n) is 4.80. The van der Waals surface area contributed by atoms with Crippen LogP contribution in [-0.2, 0) is 6.42 Å². The number of hydrogen-bond acceptors (Lipinski definition) is 1. The molecule has 6 heteroatoms. The molecule has 1 unspecified atom stereocenters. The molecule has 2 aromatic carbocycles. The molecule has 108 valence electrons. The Morgan fingerprint density at radius 1 is 1.00 bits per heavy atom. The highest BCUT2D eigenvalue weighted by atomic mass is 35.5. The Morgan fingerprint density at radius 3 is 2.52 bits per heavy atom. The van der Waals surface area contributed by atoms with Crippen LogP contribution >= 0.6 is 11.6 Å². The molecule has 3 rings (SSSR count). The van der Waals surface area contributed by atoms with Crippen LogP contribution in [0.1, 0.15) is 16.5 Å². The van der Waals surface area contributed by atoms with E-state index in [2.05, 4.69) is 9.97 Å². The van der Waals surface area contributed by atoms with Crippen LogP contribution in [-0.4, -0.2) is 9.97 Å². The molecule has 0 aliphatic rings. The molecule has 0 fully saturated rings. The van der Waals surface area contributed by atoms with Gasteiger partial charge in [-0.05, 0) is 41.8 Å². The standard InChI is InChI=1S/C15H11ClF2N2O/c16-10(5-8-1-3-11(17)12(18)6-8)9-2-4-13-14(7-9)20-15(21)19-13/h1-4,6-7,10H,5H2,(H2,19,20,21). The van der Waals surface area contributed by atoms with Crippen molar-refractivity contribution in [3.63, 3.8) is 0 Å². The summed E-state index contributed by atoms with van der Waals surface area (Å²) in [4.78, 5) is 16.5. The molecule has 0 spiro atoms. The van der Waals surface area contributed by atoms with E-state index >= 15 is 0 Å². The Kier molecular flexibility index (Phi) is 3.51. The minimum Gasteiger partial charge on any atom is -0.306 e. The second kappa shape index (κ2) is 5.33. The van der Waals surface area contributed by atoms with Crippen molar-refractivity contribution in [3.8, 4) is 0 Å². The fourth-order valence-electron chi connectivity index (χ4n) is 2.24. The predicted molar refractivity (Wildman–Crippen MR) is 77.6 cm³/mol. The average Bonchev–Trinajstić information content (AvgIpc) is 2.82. The Bertz CT molecular complexity index is 856. The number of alkyl halides is 1. The Balaban J connectivity index is 1.87. The van der Waals surface area contributed by atoms with Gasteiger partial charge in [-0.2, -0.15) is 0 Å². The number of benzene rings is 2. The highest BCUT2D eigenvalue weighted by molar-refractivity contribution is 6.21. The normalized spacial score (nSPS) is 12.7. The van der Waals surface area contributed by atoms with E-state index in [1.165, 1.54) is 6.07 Å². The van der Waals surface area contributed by atoms with Gasteiger partial charge in [-0.15, -0.1) is 11.6 Å². The van der Waals surface area contributed by atoms with Gasteiger partial charge in [0.25, 0.3) is 0 Å². The summed E-state index contributed by atoms with van der Waals surface area (Å²) >= 11 is 6.32. The fraction of sp³-hybridized carbons (Fsp3) is 0.133. The minimum absolute atomic E-state index is 0.283. The molecule has 1 atom stereocenters. The number of nitrogens with one attached hydrogen (secondary N) is 2. The zero-order valence-corrected chi connectivity index (χ0v) is 11.5. The average molecular weight is 309 g/mol. The molecule has 3 nitrogen and oxygen atoms in total. The van der Waals surface area contributed by atoms with E-state index in [-0.39, 0.29) is 5.69 Å². The topological polar surface area (TPSA) is 48.6 Å². The van der Waals surface area contributed by atoms with Crippen LogP contribution in [0.3, 0.4) is 0 Å². The van der Waals surface area contributed by atoms with Crippen LogP contribution < -0.4 is 5.69 Å². The van der Waals surface area contributed by atoms with Crippen molar-refractivity contribution in [2.24, 2.45) is 0 Å². The van der Waals surface area contributed by atoms with E-state index in [0.717, 1.165) is 17.7 Å².